The molecule has 110 valence electrons. The first kappa shape index (κ1) is 15.0. The van der Waals surface area contributed by atoms with Crippen LogP contribution in [0.3, 0.4) is 0 Å². The van der Waals surface area contributed by atoms with Crippen LogP contribution in [-0.4, -0.2) is 36.8 Å². The minimum atomic E-state index is -0.835. The number of piperazine rings is 1. The van der Waals surface area contributed by atoms with E-state index in [-0.39, 0.29) is 0 Å². The summed E-state index contributed by atoms with van der Waals surface area (Å²) in [7, 11) is 0. The molecule has 0 radical (unpaired) electrons. The van der Waals surface area contributed by atoms with Crippen LogP contribution in [0.15, 0.2) is 24.3 Å². The fourth-order valence-electron chi connectivity index (χ4n) is 2.98. The summed E-state index contributed by atoms with van der Waals surface area (Å²) >= 11 is 0. The maximum atomic E-state index is 11.3. The minimum absolute atomic E-state index is 0.408. The van der Waals surface area contributed by atoms with Crippen LogP contribution < -0.4 is 10.6 Å². The number of rotatable bonds is 5. The first-order valence-electron chi connectivity index (χ1n) is 7.35. The van der Waals surface area contributed by atoms with Crippen LogP contribution in [0.5, 0.6) is 0 Å². The van der Waals surface area contributed by atoms with Gasteiger partial charge in [0.1, 0.15) is 0 Å². The summed E-state index contributed by atoms with van der Waals surface area (Å²) in [5.41, 5.74) is 1.37. The Morgan fingerprint density at radius 2 is 2.10 bits per heavy atom. The highest BCUT2D eigenvalue weighted by Crippen LogP contribution is 2.23. The van der Waals surface area contributed by atoms with Gasteiger partial charge in [-0.05, 0) is 29.9 Å². The van der Waals surface area contributed by atoms with Gasteiger partial charge in [-0.2, -0.15) is 0 Å². The van der Waals surface area contributed by atoms with Gasteiger partial charge >= 0.3 is 5.97 Å². The lowest BCUT2D eigenvalue weighted by Crippen LogP contribution is -2.53. The van der Waals surface area contributed by atoms with E-state index >= 15 is 0 Å². The van der Waals surface area contributed by atoms with Gasteiger partial charge < -0.3 is 15.7 Å². The number of nitrogens with one attached hydrogen (secondary N) is 2. The Morgan fingerprint density at radius 3 is 2.70 bits per heavy atom. The average Bonchev–Trinajstić information content (AvgIpc) is 2.45. The Morgan fingerprint density at radius 1 is 1.35 bits per heavy atom. The highest BCUT2D eigenvalue weighted by molar-refractivity contribution is 5.89. The normalized spacial score (nSPS) is 20.9. The Balaban J connectivity index is 2.17. The lowest BCUT2D eigenvalue weighted by Gasteiger charge is -2.34. The molecule has 1 aliphatic rings. The van der Waals surface area contributed by atoms with Gasteiger partial charge in [-0.25, -0.2) is 4.79 Å². The van der Waals surface area contributed by atoms with Gasteiger partial charge in [0.25, 0.3) is 0 Å². The number of carboxylic acid groups (broad SMARTS) is 1. The van der Waals surface area contributed by atoms with Crippen LogP contribution in [0, 0.1) is 11.8 Å². The minimum Gasteiger partial charge on any atom is -0.478 e. The summed E-state index contributed by atoms with van der Waals surface area (Å²) in [6.45, 7) is 7.37. The zero-order valence-electron chi connectivity index (χ0n) is 12.2. The van der Waals surface area contributed by atoms with Crippen molar-refractivity contribution in [2.75, 3.05) is 19.6 Å². The van der Waals surface area contributed by atoms with Gasteiger partial charge in [-0.15, -0.1) is 0 Å². The molecule has 2 unspecified atom stereocenters. The van der Waals surface area contributed by atoms with Crippen LogP contribution in [0.2, 0.25) is 0 Å². The van der Waals surface area contributed by atoms with E-state index in [1.807, 2.05) is 12.1 Å². The van der Waals surface area contributed by atoms with Gasteiger partial charge in [0.15, 0.2) is 0 Å². The van der Waals surface area contributed by atoms with Crippen LogP contribution in [-0.2, 0) is 6.42 Å². The van der Waals surface area contributed by atoms with Gasteiger partial charge in [0.2, 0.25) is 0 Å². The summed E-state index contributed by atoms with van der Waals surface area (Å²) in [6, 6.07) is 7.76. The zero-order valence-corrected chi connectivity index (χ0v) is 12.2. The smallest absolute Gasteiger partial charge is 0.335 e. The number of benzene rings is 1. The van der Waals surface area contributed by atoms with Crippen molar-refractivity contribution in [3.8, 4) is 0 Å². The SMILES string of the molecule is CC(C)C(Cc1ccccc1C(=O)O)C1CNCCN1. The van der Waals surface area contributed by atoms with E-state index in [2.05, 4.69) is 24.5 Å². The van der Waals surface area contributed by atoms with Crippen molar-refractivity contribution >= 4 is 5.97 Å². The highest BCUT2D eigenvalue weighted by Gasteiger charge is 2.27. The molecule has 20 heavy (non-hydrogen) atoms. The molecule has 0 saturated carbocycles. The van der Waals surface area contributed by atoms with Crippen molar-refractivity contribution in [2.24, 2.45) is 11.8 Å². The second-order valence-corrected chi connectivity index (χ2v) is 5.84. The Kier molecular flexibility index (Phi) is 5.15. The fraction of sp³-hybridized carbons (Fsp3) is 0.562. The first-order chi connectivity index (χ1) is 9.59. The van der Waals surface area contributed by atoms with Crippen molar-refractivity contribution in [1.29, 1.82) is 0 Å². The predicted molar refractivity (Wildman–Crippen MR) is 80.1 cm³/mol. The Hall–Kier alpha value is -1.39. The van der Waals surface area contributed by atoms with Gasteiger partial charge in [0, 0.05) is 25.7 Å². The number of carboxylic acids is 1. The fourth-order valence-corrected chi connectivity index (χ4v) is 2.98. The molecular formula is C16H24N2O2. The molecule has 0 amide bonds. The lowest BCUT2D eigenvalue weighted by atomic mass is 9.81. The van der Waals surface area contributed by atoms with Crippen molar-refractivity contribution in [2.45, 2.75) is 26.3 Å². The van der Waals surface area contributed by atoms with E-state index in [0.29, 0.717) is 23.4 Å². The van der Waals surface area contributed by atoms with Crippen molar-refractivity contribution in [3.05, 3.63) is 35.4 Å². The lowest BCUT2D eigenvalue weighted by molar-refractivity contribution is 0.0695. The van der Waals surface area contributed by atoms with Crippen LogP contribution in [0.1, 0.15) is 29.8 Å². The van der Waals surface area contributed by atoms with Gasteiger partial charge in [-0.3, -0.25) is 0 Å². The topological polar surface area (TPSA) is 61.4 Å². The summed E-state index contributed by atoms with van der Waals surface area (Å²) in [5, 5.41) is 16.3. The third kappa shape index (κ3) is 3.58. The van der Waals surface area contributed by atoms with E-state index in [1.165, 1.54) is 0 Å². The maximum Gasteiger partial charge on any atom is 0.335 e. The van der Waals surface area contributed by atoms with Crippen LogP contribution in [0.4, 0.5) is 0 Å². The average molecular weight is 276 g/mol. The quantitative estimate of drug-likeness (QED) is 0.767. The van der Waals surface area contributed by atoms with Crippen molar-refractivity contribution < 1.29 is 9.90 Å². The Bertz CT molecular complexity index is 454. The molecule has 0 aliphatic carbocycles. The van der Waals surface area contributed by atoms with Crippen molar-refractivity contribution in [3.63, 3.8) is 0 Å². The maximum absolute atomic E-state index is 11.3. The summed E-state index contributed by atoms with van der Waals surface area (Å²) in [5.74, 6) is 0.107. The number of carbonyl (C=O) groups is 1. The van der Waals surface area contributed by atoms with Crippen molar-refractivity contribution in [1.82, 2.24) is 10.6 Å². The molecule has 4 nitrogen and oxygen atoms in total. The second-order valence-electron chi connectivity index (χ2n) is 5.84. The van der Waals surface area contributed by atoms with E-state index in [0.717, 1.165) is 31.6 Å². The number of aromatic carboxylic acids is 1. The molecule has 1 aromatic carbocycles. The number of hydrogen-bond donors (Lipinski definition) is 3. The standard InChI is InChI=1S/C16H24N2O2/c1-11(2)14(15-10-17-7-8-18-15)9-12-5-3-4-6-13(12)16(19)20/h3-6,11,14-15,17-18H,7-10H2,1-2H3,(H,19,20). The van der Waals surface area contributed by atoms with Gasteiger partial charge in [-0.1, -0.05) is 32.0 Å². The zero-order chi connectivity index (χ0) is 14.5. The van der Waals surface area contributed by atoms with E-state index < -0.39 is 5.97 Å². The summed E-state index contributed by atoms with van der Waals surface area (Å²) < 4.78 is 0. The molecule has 0 spiro atoms. The van der Waals surface area contributed by atoms with Crippen LogP contribution in [0.25, 0.3) is 0 Å². The third-order valence-electron chi connectivity index (χ3n) is 4.15. The molecule has 0 bridgehead atoms. The Labute approximate surface area is 120 Å². The monoisotopic (exact) mass is 276 g/mol. The largest absolute Gasteiger partial charge is 0.478 e. The molecule has 4 heteroatoms. The molecule has 1 saturated heterocycles. The van der Waals surface area contributed by atoms with E-state index in [1.54, 1.807) is 12.1 Å². The van der Waals surface area contributed by atoms with Gasteiger partial charge in [0.05, 0.1) is 5.56 Å². The third-order valence-corrected chi connectivity index (χ3v) is 4.15. The second kappa shape index (κ2) is 6.86. The summed E-state index contributed by atoms with van der Waals surface area (Å²) in [4.78, 5) is 11.3. The van der Waals surface area contributed by atoms with E-state index in [9.17, 15) is 9.90 Å². The highest BCUT2D eigenvalue weighted by atomic mass is 16.4. The summed E-state index contributed by atoms with van der Waals surface area (Å²) in [6.07, 6.45) is 0.805. The predicted octanol–water partition coefficient (Wildman–Crippen LogP) is 1.76. The molecule has 1 aliphatic heterocycles. The molecule has 1 fully saturated rings. The molecule has 2 rings (SSSR count). The number of hydrogen-bond acceptors (Lipinski definition) is 3. The first-order valence-corrected chi connectivity index (χ1v) is 7.35. The molecule has 3 N–H and O–H groups in total. The molecular weight excluding hydrogens is 252 g/mol. The van der Waals surface area contributed by atoms with Crippen LogP contribution >= 0.6 is 0 Å². The molecule has 2 atom stereocenters. The molecule has 0 aromatic heterocycles. The van der Waals surface area contributed by atoms with E-state index in [4.69, 9.17) is 0 Å². The molecule has 1 aromatic rings. The molecule has 1 heterocycles.